The minimum Gasteiger partial charge on any atom is -0.496 e. The molecular formula is C16H15BrINO2. The molecule has 0 aliphatic heterocycles. The number of hydrogen-bond donors (Lipinski definition) is 1. The Morgan fingerprint density at radius 2 is 2.05 bits per heavy atom. The summed E-state index contributed by atoms with van der Waals surface area (Å²) >= 11 is 5.55. The van der Waals surface area contributed by atoms with E-state index in [1.165, 1.54) is 0 Å². The van der Waals surface area contributed by atoms with Crippen molar-refractivity contribution >= 4 is 44.4 Å². The summed E-state index contributed by atoms with van der Waals surface area (Å²) in [6, 6.07) is 13.5. The molecule has 0 bridgehead atoms. The van der Waals surface area contributed by atoms with Gasteiger partial charge in [-0.1, -0.05) is 34.1 Å². The van der Waals surface area contributed by atoms with Crippen LogP contribution in [0, 0.1) is 3.57 Å². The molecule has 0 heterocycles. The van der Waals surface area contributed by atoms with Gasteiger partial charge in [0.25, 0.3) is 5.91 Å². The van der Waals surface area contributed by atoms with Crippen molar-refractivity contribution in [2.24, 2.45) is 0 Å². The van der Waals surface area contributed by atoms with Crippen molar-refractivity contribution in [2.75, 3.05) is 13.7 Å². The molecule has 0 aliphatic carbocycles. The van der Waals surface area contributed by atoms with Gasteiger partial charge in [-0.2, -0.15) is 0 Å². The van der Waals surface area contributed by atoms with Gasteiger partial charge in [-0.3, -0.25) is 4.79 Å². The first kappa shape index (κ1) is 16.3. The van der Waals surface area contributed by atoms with E-state index >= 15 is 0 Å². The highest BCUT2D eigenvalue weighted by molar-refractivity contribution is 14.1. The average Bonchev–Trinajstić information content (AvgIpc) is 2.50. The third kappa shape index (κ3) is 4.44. The van der Waals surface area contributed by atoms with Crippen molar-refractivity contribution in [2.45, 2.75) is 6.42 Å². The van der Waals surface area contributed by atoms with E-state index in [4.69, 9.17) is 4.74 Å². The first-order chi connectivity index (χ1) is 10.1. The van der Waals surface area contributed by atoms with Crippen LogP contribution in [0.5, 0.6) is 5.75 Å². The Balaban J connectivity index is 1.97. The molecule has 0 saturated carbocycles. The summed E-state index contributed by atoms with van der Waals surface area (Å²) in [6.07, 6.45) is 0.736. The zero-order valence-corrected chi connectivity index (χ0v) is 15.3. The number of methoxy groups -OCH3 is 1. The maximum Gasteiger partial charge on any atom is 0.252 e. The van der Waals surface area contributed by atoms with Crippen molar-refractivity contribution in [3.05, 3.63) is 61.6 Å². The molecule has 1 amide bonds. The molecule has 0 spiro atoms. The lowest BCUT2D eigenvalue weighted by molar-refractivity contribution is 0.0953. The molecule has 0 radical (unpaired) electrons. The molecule has 1 N–H and O–H groups in total. The third-order valence-electron chi connectivity index (χ3n) is 3.05. The van der Waals surface area contributed by atoms with Crippen LogP contribution < -0.4 is 10.1 Å². The van der Waals surface area contributed by atoms with Crippen molar-refractivity contribution in [1.82, 2.24) is 5.32 Å². The Kier molecular flexibility index (Phi) is 6.05. The number of carbonyl (C=O) groups excluding carboxylic acids is 1. The van der Waals surface area contributed by atoms with Gasteiger partial charge in [0.2, 0.25) is 0 Å². The number of carbonyl (C=O) groups is 1. The van der Waals surface area contributed by atoms with Gasteiger partial charge in [0, 0.05) is 14.6 Å². The molecule has 0 fully saturated rings. The highest BCUT2D eigenvalue weighted by Crippen LogP contribution is 2.19. The minimum atomic E-state index is -0.0596. The lowest BCUT2D eigenvalue weighted by Crippen LogP contribution is -2.26. The summed E-state index contributed by atoms with van der Waals surface area (Å²) in [5, 5.41) is 2.95. The van der Waals surface area contributed by atoms with Crippen LogP contribution in [0.3, 0.4) is 0 Å². The SMILES string of the molecule is COc1ccccc1CCNC(=O)c1cc(Br)ccc1I. The van der Waals surface area contributed by atoms with Crippen molar-refractivity contribution in [3.63, 3.8) is 0 Å². The molecule has 2 aromatic carbocycles. The first-order valence-electron chi connectivity index (χ1n) is 6.47. The van der Waals surface area contributed by atoms with Gasteiger partial charge in [0.05, 0.1) is 12.7 Å². The van der Waals surface area contributed by atoms with Gasteiger partial charge in [0.15, 0.2) is 0 Å². The number of para-hydroxylation sites is 1. The van der Waals surface area contributed by atoms with Gasteiger partial charge in [-0.05, 0) is 58.8 Å². The van der Waals surface area contributed by atoms with Gasteiger partial charge in [-0.15, -0.1) is 0 Å². The van der Waals surface area contributed by atoms with Crippen LogP contribution in [-0.2, 0) is 6.42 Å². The summed E-state index contributed by atoms with van der Waals surface area (Å²) < 4.78 is 7.14. The fraction of sp³-hybridized carbons (Fsp3) is 0.188. The average molecular weight is 460 g/mol. The molecule has 0 saturated heterocycles. The Bertz CT molecular complexity index is 646. The van der Waals surface area contributed by atoms with Crippen LogP contribution in [-0.4, -0.2) is 19.6 Å². The number of ether oxygens (including phenoxy) is 1. The van der Waals surface area contributed by atoms with E-state index in [0.717, 1.165) is 25.8 Å². The number of amides is 1. The van der Waals surface area contributed by atoms with Crippen LogP contribution in [0.25, 0.3) is 0 Å². The zero-order valence-electron chi connectivity index (χ0n) is 11.5. The van der Waals surface area contributed by atoms with Gasteiger partial charge >= 0.3 is 0 Å². The van der Waals surface area contributed by atoms with Crippen molar-refractivity contribution in [1.29, 1.82) is 0 Å². The van der Waals surface area contributed by atoms with E-state index in [9.17, 15) is 4.79 Å². The lowest BCUT2D eigenvalue weighted by atomic mass is 10.1. The van der Waals surface area contributed by atoms with Crippen LogP contribution in [0.15, 0.2) is 46.9 Å². The summed E-state index contributed by atoms with van der Waals surface area (Å²) in [5.74, 6) is 0.791. The summed E-state index contributed by atoms with van der Waals surface area (Å²) in [5.41, 5.74) is 1.77. The summed E-state index contributed by atoms with van der Waals surface area (Å²) in [7, 11) is 1.65. The maximum absolute atomic E-state index is 12.2. The maximum atomic E-state index is 12.2. The fourth-order valence-electron chi connectivity index (χ4n) is 1.99. The van der Waals surface area contributed by atoms with Crippen LogP contribution >= 0.6 is 38.5 Å². The number of halogens is 2. The van der Waals surface area contributed by atoms with Crippen molar-refractivity contribution in [3.8, 4) is 5.75 Å². The van der Waals surface area contributed by atoms with Gasteiger partial charge < -0.3 is 10.1 Å². The Morgan fingerprint density at radius 1 is 1.29 bits per heavy atom. The topological polar surface area (TPSA) is 38.3 Å². The van der Waals surface area contributed by atoms with Crippen molar-refractivity contribution < 1.29 is 9.53 Å². The predicted molar refractivity (Wildman–Crippen MR) is 95.9 cm³/mol. The molecule has 5 heteroatoms. The molecule has 0 aromatic heterocycles. The first-order valence-corrected chi connectivity index (χ1v) is 8.34. The van der Waals surface area contributed by atoms with Gasteiger partial charge in [0.1, 0.15) is 5.75 Å². The van der Waals surface area contributed by atoms with E-state index in [-0.39, 0.29) is 5.91 Å². The Labute approximate surface area is 146 Å². The standard InChI is InChI=1S/C16H15BrINO2/c1-21-15-5-3-2-4-11(15)8-9-19-16(20)13-10-12(17)6-7-14(13)18/h2-7,10H,8-9H2,1H3,(H,19,20). The second-order valence-electron chi connectivity index (χ2n) is 4.44. The number of hydrogen-bond acceptors (Lipinski definition) is 2. The van der Waals surface area contributed by atoms with Crippen LogP contribution in [0.1, 0.15) is 15.9 Å². The molecule has 3 nitrogen and oxygen atoms in total. The molecule has 2 rings (SSSR count). The number of benzene rings is 2. The normalized spacial score (nSPS) is 10.2. The smallest absolute Gasteiger partial charge is 0.252 e. The molecule has 110 valence electrons. The largest absolute Gasteiger partial charge is 0.496 e. The Morgan fingerprint density at radius 3 is 2.81 bits per heavy atom. The van der Waals surface area contributed by atoms with E-state index in [1.807, 2.05) is 42.5 Å². The molecule has 2 aromatic rings. The highest BCUT2D eigenvalue weighted by atomic mass is 127. The van der Waals surface area contributed by atoms with E-state index in [1.54, 1.807) is 7.11 Å². The second kappa shape index (κ2) is 7.79. The fourth-order valence-corrected chi connectivity index (χ4v) is 2.93. The van der Waals surface area contributed by atoms with Crippen LogP contribution in [0.4, 0.5) is 0 Å². The number of nitrogens with one attached hydrogen (secondary N) is 1. The predicted octanol–water partition coefficient (Wildman–Crippen LogP) is 4.03. The summed E-state index contributed by atoms with van der Waals surface area (Å²) in [4.78, 5) is 12.2. The summed E-state index contributed by atoms with van der Waals surface area (Å²) in [6.45, 7) is 0.571. The van der Waals surface area contributed by atoms with E-state index < -0.39 is 0 Å². The zero-order chi connectivity index (χ0) is 15.2. The Hall–Kier alpha value is -1.08. The second-order valence-corrected chi connectivity index (χ2v) is 6.52. The molecule has 21 heavy (non-hydrogen) atoms. The molecule has 0 aliphatic rings. The molecular weight excluding hydrogens is 445 g/mol. The monoisotopic (exact) mass is 459 g/mol. The van der Waals surface area contributed by atoms with Crippen LogP contribution in [0.2, 0.25) is 0 Å². The number of rotatable bonds is 5. The van der Waals surface area contributed by atoms with E-state index in [0.29, 0.717) is 12.1 Å². The highest BCUT2D eigenvalue weighted by Gasteiger charge is 2.10. The molecule has 0 unspecified atom stereocenters. The lowest BCUT2D eigenvalue weighted by Gasteiger charge is -2.10. The quantitative estimate of drug-likeness (QED) is 0.685. The molecule has 0 atom stereocenters. The van der Waals surface area contributed by atoms with Gasteiger partial charge in [-0.25, -0.2) is 0 Å². The third-order valence-corrected chi connectivity index (χ3v) is 4.48. The minimum absolute atomic E-state index is 0.0596. The van der Waals surface area contributed by atoms with E-state index in [2.05, 4.69) is 43.8 Å².